The fourth-order valence-electron chi connectivity index (χ4n) is 2.21. The zero-order valence-electron chi connectivity index (χ0n) is 13.3. The van der Waals surface area contributed by atoms with Crippen LogP contribution in [-0.4, -0.2) is 53.2 Å². The predicted octanol–water partition coefficient (Wildman–Crippen LogP) is 0.0467. The molecule has 1 aliphatic heterocycles. The molecule has 2 rings (SSSR count). The highest BCUT2D eigenvalue weighted by Crippen LogP contribution is 2.12. The minimum Gasteiger partial charge on any atom is -0.452 e. The number of carbonyl (C=O) groups is 2. The SMILES string of the molecule is CNS(=O)(=O)c1cccc(C(=O)OCC(=O)NC[C@@H]2CCCO2)c1. The van der Waals surface area contributed by atoms with Gasteiger partial charge in [-0.05, 0) is 38.1 Å². The molecule has 1 amide bonds. The Balaban J connectivity index is 1.85. The second-order valence-corrected chi connectivity index (χ2v) is 7.14. The lowest BCUT2D eigenvalue weighted by Crippen LogP contribution is -2.34. The molecule has 1 fully saturated rings. The first-order valence-electron chi connectivity index (χ1n) is 7.51. The fraction of sp³-hybridized carbons (Fsp3) is 0.467. The van der Waals surface area contributed by atoms with Crippen molar-refractivity contribution < 1.29 is 27.5 Å². The Morgan fingerprint density at radius 2 is 2.17 bits per heavy atom. The summed E-state index contributed by atoms with van der Waals surface area (Å²) >= 11 is 0. The smallest absolute Gasteiger partial charge is 0.338 e. The van der Waals surface area contributed by atoms with E-state index in [0.717, 1.165) is 12.8 Å². The summed E-state index contributed by atoms with van der Waals surface area (Å²) in [5.74, 6) is -1.20. The van der Waals surface area contributed by atoms with Gasteiger partial charge in [0.05, 0.1) is 16.6 Å². The maximum atomic E-state index is 11.9. The van der Waals surface area contributed by atoms with Crippen molar-refractivity contribution in [1.82, 2.24) is 10.0 Å². The molecule has 1 saturated heterocycles. The average molecular weight is 356 g/mol. The summed E-state index contributed by atoms with van der Waals surface area (Å²) in [5.41, 5.74) is 0.0539. The molecular formula is C15H20N2O6S. The van der Waals surface area contributed by atoms with E-state index in [1.165, 1.54) is 31.3 Å². The lowest BCUT2D eigenvalue weighted by atomic mass is 10.2. The highest BCUT2D eigenvalue weighted by atomic mass is 32.2. The number of hydrogen-bond acceptors (Lipinski definition) is 6. The molecule has 0 aromatic heterocycles. The number of amides is 1. The van der Waals surface area contributed by atoms with Crippen LogP contribution in [0.4, 0.5) is 0 Å². The van der Waals surface area contributed by atoms with Crippen molar-refractivity contribution in [2.24, 2.45) is 0 Å². The van der Waals surface area contributed by atoms with Crippen molar-refractivity contribution in [1.29, 1.82) is 0 Å². The van der Waals surface area contributed by atoms with Gasteiger partial charge in [0, 0.05) is 13.2 Å². The standard InChI is InChI=1S/C15H20N2O6S/c1-16-24(20,21)13-6-2-4-11(8-13)15(19)23-10-14(18)17-9-12-5-3-7-22-12/h2,4,6,8,12,16H,3,5,7,9-10H2,1H3,(H,17,18)/t12-/m0/s1. The zero-order chi connectivity index (χ0) is 17.6. The van der Waals surface area contributed by atoms with E-state index in [1.807, 2.05) is 0 Å². The Hall–Kier alpha value is -1.97. The second kappa shape index (κ2) is 8.22. The molecule has 0 unspecified atom stereocenters. The van der Waals surface area contributed by atoms with Crippen LogP contribution >= 0.6 is 0 Å². The predicted molar refractivity (Wildman–Crippen MR) is 85.0 cm³/mol. The van der Waals surface area contributed by atoms with Crippen molar-refractivity contribution in [3.63, 3.8) is 0 Å². The number of esters is 1. The van der Waals surface area contributed by atoms with Gasteiger partial charge >= 0.3 is 5.97 Å². The van der Waals surface area contributed by atoms with Crippen LogP contribution in [0.1, 0.15) is 23.2 Å². The van der Waals surface area contributed by atoms with Gasteiger partial charge in [-0.15, -0.1) is 0 Å². The number of nitrogens with one attached hydrogen (secondary N) is 2. The number of rotatable bonds is 7. The molecule has 2 N–H and O–H groups in total. The number of benzene rings is 1. The maximum Gasteiger partial charge on any atom is 0.338 e. The van der Waals surface area contributed by atoms with Crippen molar-refractivity contribution in [2.45, 2.75) is 23.8 Å². The number of ether oxygens (including phenoxy) is 2. The maximum absolute atomic E-state index is 11.9. The van der Waals surface area contributed by atoms with Crippen LogP contribution in [0, 0.1) is 0 Å². The van der Waals surface area contributed by atoms with Crippen LogP contribution in [-0.2, 0) is 24.3 Å². The Kier molecular flexibility index (Phi) is 6.29. The summed E-state index contributed by atoms with van der Waals surface area (Å²) in [7, 11) is -2.38. The van der Waals surface area contributed by atoms with E-state index in [4.69, 9.17) is 9.47 Å². The van der Waals surface area contributed by atoms with Gasteiger partial charge in [-0.25, -0.2) is 17.9 Å². The summed E-state index contributed by atoms with van der Waals surface area (Å²) in [6.07, 6.45) is 1.88. The number of carbonyl (C=O) groups excluding carboxylic acids is 2. The molecular weight excluding hydrogens is 336 g/mol. The Bertz CT molecular complexity index is 698. The third-order valence-electron chi connectivity index (χ3n) is 3.53. The summed E-state index contributed by atoms with van der Waals surface area (Å²) in [6.45, 7) is 0.641. The van der Waals surface area contributed by atoms with E-state index < -0.39 is 28.5 Å². The first-order chi connectivity index (χ1) is 11.4. The third kappa shape index (κ3) is 5.02. The van der Waals surface area contributed by atoms with E-state index in [1.54, 1.807) is 0 Å². The Labute approximate surface area is 140 Å². The van der Waals surface area contributed by atoms with E-state index in [-0.39, 0.29) is 16.6 Å². The van der Waals surface area contributed by atoms with Gasteiger partial charge in [0.2, 0.25) is 10.0 Å². The van der Waals surface area contributed by atoms with E-state index in [2.05, 4.69) is 10.0 Å². The normalized spacial score (nSPS) is 17.5. The quantitative estimate of drug-likeness (QED) is 0.668. The highest BCUT2D eigenvalue weighted by Gasteiger charge is 2.18. The topological polar surface area (TPSA) is 111 Å². The van der Waals surface area contributed by atoms with Crippen molar-refractivity contribution in [3.8, 4) is 0 Å². The van der Waals surface area contributed by atoms with Gasteiger partial charge in [-0.2, -0.15) is 0 Å². The molecule has 0 bridgehead atoms. The lowest BCUT2D eigenvalue weighted by molar-refractivity contribution is -0.124. The first-order valence-corrected chi connectivity index (χ1v) is 9.00. The number of sulfonamides is 1. The monoisotopic (exact) mass is 356 g/mol. The summed E-state index contributed by atoms with van der Waals surface area (Å²) in [4.78, 5) is 23.5. The fourth-order valence-corrected chi connectivity index (χ4v) is 2.98. The molecule has 0 saturated carbocycles. The summed E-state index contributed by atoms with van der Waals surface area (Å²) < 4.78 is 35.9. The van der Waals surface area contributed by atoms with Crippen LogP contribution in [0.3, 0.4) is 0 Å². The minimum absolute atomic E-state index is 0.00748. The molecule has 9 heteroatoms. The van der Waals surface area contributed by atoms with Gasteiger partial charge in [0.25, 0.3) is 5.91 Å². The Morgan fingerprint density at radius 3 is 2.83 bits per heavy atom. The van der Waals surface area contributed by atoms with Gasteiger partial charge in [0.15, 0.2) is 6.61 Å². The van der Waals surface area contributed by atoms with Crippen LogP contribution in [0.5, 0.6) is 0 Å². The first kappa shape index (κ1) is 18.4. The summed E-state index contributed by atoms with van der Waals surface area (Å²) in [5, 5.41) is 2.63. The largest absolute Gasteiger partial charge is 0.452 e. The van der Waals surface area contributed by atoms with Crippen LogP contribution in [0.25, 0.3) is 0 Å². The molecule has 0 radical (unpaired) electrons. The van der Waals surface area contributed by atoms with Gasteiger partial charge in [-0.3, -0.25) is 4.79 Å². The molecule has 24 heavy (non-hydrogen) atoms. The van der Waals surface area contributed by atoms with Gasteiger partial charge < -0.3 is 14.8 Å². The van der Waals surface area contributed by atoms with Crippen molar-refractivity contribution >= 4 is 21.9 Å². The molecule has 1 atom stereocenters. The van der Waals surface area contributed by atoms with Crippen LogP contribution in [0.2, 0.25) is 0 Å². The molecule has 1 heterocycles. The molecule has 1 aromatic rings. The molecule has 8 nitrogen and oxygen atoms in total. The molecule has 0 aliphatic carbocycles. The van der Waals surface area contributed by atoms with Crippen LogP contribution < -0.4 is 10.0 Å². The van der Waals surface area contributed by atoms with E-state index >= 15 is 0 Å². The molecule has 1 aromatic carbocycles. The lowest BCUT2D eigenvalue weighted by Gasteiger charge is -2.11. The van der Waals surface area contributed by atoms with Gasteiger partial charge in [0.1, 0.15) is 0 Å². The third-order valence-corrected chi connectivity index (χ3v) is 4.95. The van der Waals surface area contributed by atoms with E-state index in [0.29, 0.717) is 13.2 Å². The molecule has 1 aliphatic rings. The Morgan fingerprint density at radius 1 is 1.38 bits per heavy atom. The second-order valence-electron chi connectivity index (χ2n) is 5.25. The van der Waals surface area contributed by atoms with E-state index in [9.17, 15) is 18.0 Å². The molecule has 132 valence electrons. The molecule has 0 spiro atoms. The van der Waals surface area contributed by atoms with Crippen LogP contribution in [0.15, 0.2) is 29.2 Å². The number of hydrogen-bond donors (Lipinski definition) is 2. The average Bonchev–Trinajstić information content (AvgIpc) is 3.11. The minimum atomic E-state index is -3.65. The summed E-state index contributed by atoms with van der Waals surface area (Å²) in [6, 6.07) is 5.40. The zero-order valence-corrected chi connectivity index (χ0v) is 14.1. The van der Waals surface area contributed by atoms with Crippen molar-refractivity contribution in [2.75, 3.05) is 26.8 Å². The highest BCUT2D eigenvalue weighted by molar-refractivity contribution is 7.89. The van der Waals surface area contributed by atoms with Crippen molar-refractivity contribution in [3.05, 3.63) is 29.8 Å². The van der Waals surface area contributed by atoms with Gasteiger partial charge in [-0.1, -0.05) is 6.07 Å².